The maximum Gasteiger partial charge on any atom is 0.225 e. The summed E-state index contributed by atoms with van der Waals surface area (Å²) < 4.78 is 8.21. The van der Waals surface area contributed by atoms with Gasteiger partial charge in [-0.15, -0.1) is 0 Å². The maximum atomic E-state index is 12.4. The Hall–Kier alpha value is -2.34. The normalized spacial score (nSPS) is 22.6. The van der Waals surface area contributed by atoms with Gasteiger partial charge in [-0.1, -0.05) is 32.0 Å². The molecule has 0 N–H and O–H groups in total. The molecule has 2 unspecified atom stereocenters. The average molecular weight is 439 g/mol. The molecule has 2 aromatic rings. The number of benzene rings is 1. The lowest BCUT2D eigenvalue weighted by Gasteiger charge is -2.37. The Morgan fingerprint density at radius 3 is 2.56 bits per heavy atom. The number of amides is 1. The molecule has 0 bridgehead atoms. The van der Waals surface area contributed by atoms with E-state index < -0.39 is 0 Å². The predicted molar refractivity (Wildman–Crippen MR) is 126 cm³/mol. The summed E-state index contributed by atoms with van der Waals surface area (Å²) in [5, 5.41) is 4.45. The van der Waals surface area contributed by atoms with Gasteiger partial charge < -0.3 is 9.64 Å². The van der Waals surface area contributed by atoms with Crippen LogP contribution in [0.15, 0.2) is 42.7 Å². The van der Waals surface area contributed by atoms with Gasteiger partial charge in [0.2, 0.25) is 5.91 Å². The number of nitrogens with zero attached hydrogens (tertiary/aromatic N) is 4. The van der Waals surface area contributed by atoms with Crippen LogP contribution in [0.3, 0.4) is 0 Å². The first-order valence-electron chi connectivity index (χ1n) is 12.2. The molecule has 4 rings (SSSR count). The number of aryl methyl sites for hydroxylation is 1. The van der Waals surface area contributed by atoms with Crippen LogP contribution in [0.5, 0.6) is 5.75 Å². The standard InChI is InChI=1S/C26H38N4O2/c1-4-30-16-21(14-27-30)15-28-17-23(19-32-24-8-6-5-7-9-24)25(18-28)22-10-12-29(13-11-22)26(31)20(2)3/h5-9,14,16,20,22-23,25H,4,10-13,15,17-19H2,1-3H3. The molecule has 1 aromatic carbocycles. The third-order valence-electron chi connectivity index (χ3n) is 7.14. The second-order valence-electron chi connectivity index (χ2n) is 9.76. The van der Waals surface area contributed by atoms with Crippen LogP contribution in [0, 0.1) is 23.7 Å². The van der Waals surface area contributed by atoms with Gasteiger partial charge in [-0.05, 0) is 43.7 Å². The van der Waals surface area contributed by atoms with Gasteiger partial charge >= 0.3 is 0 Å². The fourth-order valence-corrected chi connectivity index (χ4v) is 5.38. The summed E-state index contributed by atoms with van der Waals surface area (Å²) in [4.78, 5) is 17.1. The fraction of sp³-hybridized carbons (Fsp3) is 0.615. The monoisotopic (exact) mass is 438 g/mol. The zero-order chi connectivity index (χ0) is 22.5. The summed E-state index contributed by atoms with van der Waals surface area (Å²) in [6, 6.07) is 10.2. The number of para-hydroxylation sites is 1. The molecule has 0 radical (unpaired) electrons. The summed E-state index contributed by atoms with van der Waals surface area (Å²) in [7, 11) is 0. The van der Waals surface area contributed by atoms with Crippen molar-refractivity contribution in [3.05, 3.63) is 48.3 Å². The van der Waals surface area contributed by atoms with E-state index in [4.69, 9.17) is 4.74 Å². The number of hydrogen-bond donors (Lipinski definition) is 0. The molecule has 1 amide bonds. The zero-order valence-electron chi connectivity index (χ0n) is 19.8. The summed E-state index contributed by atoms with van der Waals surface area (Å²) in [5.41, 5.74) is 1.28. The minimum atomic E-state index is 0.0876. The number of rotatable bonds is 8. The molecular weight excluding hydrogens is 400 g/mol. The van der Waals surface area contributed by atoms with E-state index in [1.807, 2.05) is 55.1 Å². The smallest absolute Gasteiger partial charge is 0.225 e. The maximum absolute atomic E-state index is 12.4. The van der Waals surface area contributed by atoms with Crippen molar-refractivity contribution in [2.75, 3.05) is 32.8 Å². The van der Waals surface area contributed by atoms with Crippen molar-refractivity contribution in [1.82, 2.24) is 19.6 Å². The van der Waals surface area contributed by atoms with Crippen LogP contribution in [-0.2, 0) is 17.9 Å². The Morgan fingerprint density at radius 2 is 1.91 bits per heavy atom. The Balaban J connectivity index is 1.40. The van der Waals surface area contributed by atoms with Gasteiger partial charge in [0.05, 0.1) is 12.8 Å². The Morgan fingerprint density at radius 1 is 1.16 bits per heavy atom. The number of likely N-dealkylation sites (tertiary alicyclic amines) is 2. The SMILES string of the molecule is CCn1cc(CN2CC(COc3ccccc3)C(C3CCN(C(=O)C(C)C)CC3)C2)cn1. The van der Waals surface area contributed by atoms with Crippen LogP contribution in [0.4, 0.5) is 0 Å². The number of piperidine rings is 1. The van der Waals surface area contributed by atoms with Gasteiger partial charge in [-0.25, -0.2) is 0 Å². The van der Waals surface area contributed by atoms with E-state index in [9.17, 15) is 4.79 Å². The van der Waals surface area contributed by atoms with Gasteiger partial charge in [0.1, 0.15) is 5.75 Å². The van der Waals surface area contributed by atoms with Crippen LogP contribution in [0.1, 0.15) is 39.2 Å². The lowest BCUT2D eigenvalue weighted by Crippen LogP contribution is -2.43. The highest BCUT2D eigenvalue weighted by Gasteiger charge is 2.40. The molecule has 6 nitrogen and oxygen atoms in total. The predicted octanol–water partition coefficient (Wildman–Crippen LogP) is 3.92. The molecule has 2 fully saturated rings. The number of ether oxygens (including phenoxy) is 1. The zero-order valence-corrected chi connectivity index (χ0v) is 19.8. The quantitative estimate of drug-likeness (QED) is 0.627. The van der Waals surface area contributed by atoms with Crippen LogP contribution >= 0.6 is 0 Å². The summed E-state index contributed by atoms with van der Waals surface area (Å²) in [5.74, 6) is 3.10. The van der Waals surface area contributed by atoms with Crippen molar-refractivity contribution in [2.24, 2.45) is 23.7 Å². The summed E-state index contributed by atoms with van der Waals surface area (Å²) >= 11 is 0. The van der Waals surface area contributed by atoms with Crippen molar-refractivity contribution in [2.45, 2.75) is 46.7 Å². The molecule has 3 heterocycles. The average Bonchev–Trinajstić information content (AvgIpc) is 3.44. The van der Waals surface area contributed by atoms with E-state index in [0.29, 0.717) is 23.7 Å². The first kappa shape index (κ1) is 22.8. The third kappa shape index (κ3) is 5.52. The molecular formula is C26H38N4O2. The number of carbonyl (C=O) groups is 1. The molecule has 174 valence electrons. The molecule has 6 heteroatoms. The largest absolute Gasteiger partial charge is 0.493 e. The van der Waals surface area contributed by atoms with Crippen molar-refractivity contribution in [3.63, 3.8) is 0 Å². The van der Waals surface area contributed by atoms with Crippen molar-refractivity contribution < 1.29 is 9.53 Å². The van der Waals surface area contributed by atoms with Crippen molar-refractivity contribution >= 4 is 5.91 Å². The number of aromatic nitrogens is 2. The molecule has 0 spiro atoms. The third-order valence-corrected chi connectivity index (χ3v) is 7.14. The first-order chi connectivity index (χ1) is 15.5. The fourth-order valence-electron chi connectivity index (χ4n) is 5.38. The van der Waals surface area contributed by atoms with E-state index in [1.165, 1.54) is 5.56 Å². The highest BCUT2D eigenvalue weighted by atomic mass is 16.5. The van der Waals surface area contributed by atoms with Gasteiger partial charge in [-0.3, -0.25) is 14.4 Å². The Kier molecular flexibility index (Phi) is 7.51. The van der Waals surface area contributed by atoms with E-state index in [0.717, 1.165) is 64.5 Å². The summed E-state index contributed by atoms with van der Waals surface area (Å²) in [6.07, 6.45) is 6.38. The van der Waals surface area contributed by atoms with Crippen LogP contribution in [0.2, 0.25) is 0 Å². The van der Waals surface area contributed by atoms with Gasteiger partial charge in [-0.2, -0.15) is 5.10 Å². The minimum Gasteiger partial charge on any atom is -0.493 e. The highest BCUT2D eigenvalue weighted by molar-refractivity contribution is 5.78. The molecule has 1 aromatic heterocycles. The van der Waals surface area contributed by atoms with E-state index in [2.05, 4.69) is 28.0 Å². The van der Waals surface area contributed by atoms with Gasteiger partial charge in [0.15, 0.2) is 0 Å². The van der Waals surface area contributed by atoms with Crippen molar-refractivity contribution in [3.8, 4) is 5.75 Å². The van der Waals surface area contributed by atoms with Crippen molar-refractivity contribution in [1.29, 1.82) is 0 Å². The van der Waals surface area contributed by atoms with Crippen LogP contribution < -0.4 is 4.74 Å². The van der Waals surface area contributed by atoms with Gasteiger partial charge in [0, 0.05) is 62.9 Å². The lowest BCUT2D eigenvalue weighted by molar-refractivity contribution is -0.136. The minimum absolute atomic E-state index is 0.0876. The highest BCUT2D eigenvalue weighted by Crippen LogP contribution is 2.37. The first-order valence-corrected chi connectivity index (χ1v) is 12.2. The van der Waals surface area contributed by atoms with E-state index in [1.54, 1.807) is 0 Å². The van der Waals surface area contributed by atoms with E-state index >= 15 is 0 Å². The molecule has 32 heavy (non-hydrogen) atoms. The topological polar surface area (TPSA) is 50.6 Å². The number of carbonyl (C=O) groups excluding carboxylic acids is 1. The van der Waals surface area contributed by atoms with Crippen LogP contribution in [0.25, 0.3) is 0 Å². The number of hydrogen-bond acceptors (Lipinski definition) is 4. The Bertz CT molecular complexity index is 858. The molecule has 2 atom stereocenters. The molecule has 2 aliphatic rings. The molecule has 0 saturated carbocycles. The molecule has 0 aliphatic carbocycles. The second-order valence-corrected chi connectivity index (χ2v) is 9.76. The van der Waals surface area contributed by atoms with Crippen LogP contribution in [-0.4, -0.2) is 58.3 Å². The second kappa shape index (κ2) is 10.5. The molecule has 2 aliphatic heterocycles. The lowest BCUT2D eigenvalue weighted by atomic mass is 9.78. The summed E-state index contributed by atoms with van der Waals surface area (Å²) in [6.45, 7) is 12.7. The van der Waals surface area contributed by atoms with Gasteiger partial charge in [0.25, 0.3) is 0 Å². The van der Waals surface area contributed by atoms with E-state index in [-0.39, 0.29) is 5.92 Å². The molecule has 2 saturated heterocycles. The Labute approximate surface area is 192 Å².